The van der Waals surface area contributed by atoms with Gasteiger partial charge in [-0.1, -0.05) is 30.3 Å². The molecule has 3 aromatic carbocycles. The van der Waals surface area contributed by atoms with Crippen LogP contribution in [0.4, 0.5) is 17.1 Å². The Hall–Kier alpha value is -5.29. The fourth-order valence-electron chi connectivity index (χ4n) is 6.77. The van der Waals surface area contributed by atoms with Crippen molar-refractivity contribution < 1.29 is 14.8 Å². The number of hydrogen-bond acceptors (Lipinski definition) is 10. The molecule has 1 aliphatic carbocycles. The topological polar surface area (TPSA) is 136 Å². The number of nitro benzene ring substituents is 1. The lowest BCUT2D eigenvalue weighted by Crippen LogP contribution is -2.47. The highest BCUT2D eigenvalue weighted by Gasteiger charge is 2.45. The summed E-state index contributed by atoms with van der Waals surface area (Å²) in [6, 6.07) is 15.7. The maximum Gasteiger partial charge on any atom is 0.280 e. The van der Waals surface area contributed by atoms with E-state index >= 15 is 0 Å². The van der Waals surface area contributed by atoms with Gasteiger partial charge in [0.05, 0.1) is 45.8 Å². The number of anilines is 2. The number of nitrogens with zero attached hydrogens (tertiary/aromatic N) is 5. The number of phenolic OH excluding ortho intramolecular Hbond substituents is 1. The summed E-state index contributed by atoms with van der Waals surface area (Å²) in [7, 11) is 2.08. The number of fused-ring (bicyclic) bond motifs is 4. The first-order chi connectivity index (χ1) is 22.3. The van der Waals surface area contributed by atoms with Crippen molar-refractivity contribution in [1.29, 1.82) is 0 Å². The molecule has 0 fully saturated rings. The number of phenols is 1. The summed E-state index contributed by atoms with van der Waals surface area (Å²) in [4.78, 5) is 38.8. The quantitative estimate of drug-likeness (QED) is 0.0883. The smallest absolute Gasteiger partial charge is 0.280 e. The SMILES string of the molecule is Cc1ccc([N+](=O)[O-])c2c(NCCCN(C)CCCNC3=C4C(=O)c5cc(O)ccc5N5C=NC(C=C3)C45)c3ccccc3nc12. The number of pyridine rings is 1. The van der Waals surface area contributed by atoms with Gasteiger partial charge in [0, 0.05) is 41.4 Å². The second-order valence-electron chi connectivity index (χ2n) is 12.1. The molecule has 0 radical (unpaired) electrons. The molecule has 3 aliphatic rings. The van der Waals surface area contributed by atoms with Crippen molar-refractivity contribution in [3.05, 3.63) is 99.3 Å². The van der Waals surface area contributed by atoms with Crippen molar-refractivity contribution in [2.45, 2.75) is 31.8 Å². The largest absolute Gasteiger partial charge is 0.508 e. The van der Waals surface area contributed by atoms with E-state index in [4.69, 9.17) is 4.98 Å². The summed E-state index contributed by atoms with van der Waals surface area (Å²) >= 11 is 0. The van der Waals surface area contributed by atoms with Crippen LogP contribution in [-0.4, -0.2) is 77.3 Å². The minimum atomic E-state index is -0.338. The van der Waals surface area contributed by atoms with Crippen molar-refractivity contribution in [1.82, 2.24) is 15.2 Å². The fraction of sp³-hybridized carbons (Fsp3) is 0.286. The van der Waals surface area contributed by atoms with Crippen LogP contribution in [0.5, 0.6) is 5.75 Å². The van der Waals surface area contributed by atoms with Crippen LogP contribution in [0.2, 0.25) is 0 Å². The number of carbonyl (C=O) groups excluding carboxylic acids is 1. The molecule has 0 spiro atoms. The van der Waals surface area contributed by atoms with Crippen molar-refractivity contribution in [3.8, 4) is 5.75 Å². The van der Waals surface area contributed by atoms with Crippen LogP contribution in [0.25, 0.3) is 21.8 Å². The number of carbonyl (C=O) groups is 1. The molecule has 0 amide bonds. The third-order valence-electron chi connectivity index (χ3n) is 9.04. The Kier molecular flexibility index (Phi) is 7.61. The van der Waals surface area contributed by atoms with E-state index in [1.165, 1.54) is 6.07 Å². The first-order valence-electron chi connectivity index (χ1n) is 15.6. The molecular weight excluding hydrogens is 582 g/mol. The van der Waals surface area contributed by atoms with Gasteiger partial charge in [0.1, 0.15) is 11.1 Å². The lowest BCUT2D eigenvalue weighted by atomic mass is 9.82. The van der Waals surface area contributed by atoms with Gasteiger partial charge in [-0.3, -0.25) is 19.9 Å². The average Bonchev–Trinajstić information content (AvgIpc) is 3.48. The number of ketones is 1. The van der Waals surface area contributed by atoms with Crippen LogP contribution in [-0.2, 0) is 0 Å². The van der Waals surface area contributed by atoms with Crippen molar-refractivity contribution in [3.63, 3.8) is 0 Å². The number of Topliss-reactive ketones (excluding diaryl/α,β-unsaturated/α-hetero) is 1. The molecule has 46 heavy (non-hydrogen) atoms. The Morgan fingerprint density at radius 3 is 2.65 bits per heavy atom. The summed E-state index contributed by atoms with van der Waals surface area (Å²) < 4.78 is 0. The zero-order valence-electron chi connectivity index (χ0n) is 25.7. The third kappa shape index (κ3) is 5.12. The number of benzene rings is 3. The van der Waals surface area contributed by atoms with Crippen LogP contribution < -0.4 is 15.5 Å². The maximum absolute atomic E-state index is 13.6. The minimum absolute atomic E-state index is 0.0517. The van der Waals surface area contributed by atoms with E-state index in [1.54, 1.807) is 30.6 Å². The highest BCUT2D eigenvalue weighted by molar-refractivity contribution is 6.19. The number of allylic oxidation sites excluding steroid dienone is 1. The van der Waals surface area contributed by atoms with Gasteiger partial charge in [-0.2, -0.15) is 0 Å². The monoisotopic (exact) mass is 617 g/mol. The van der Waals surface area contributed by atoms with E-state index in [2.05, 4.69) is 27.6 Å². The second-order valence-corrected chi connectivity index (χ2v) is 12.1. The molecular formula is C35H35N7O4. The number of rotatable bonds is 11. The lowest BCUT2D eigenvalue weighted by Gasteiger charge is -2.37. The Morgan fingerprint density at radius 1 is 1.07 bits per heavy atom. The molecule has 4 aromatic rings. The van der Waals surface area contributed by atoms with Crippen molar-refractivity contribution >= 4 is 51.0 Å². The van der Waals surface area contributed by atoms with E-state index in [0.29, 0.717) is 35.1 Å². The molecule has 3 heterocycles. The van der Waals surface area contributed by atoms with Crippen LogP contribution in [0.1, 0.15) is 28.8 Å². The van der Waals surface area contributed by atoms with E-state index in [0.717, 1.165) is 59.5 Å². The predicted octanol–water partition coefficient (Wildman–Crippen LogP) is 5.33. The molecule has 2 atom stereocenters. The number of para-hydroxylation sites is 1. The molecule has 11 heteroatoms. The number of nitro groups is 1. The lowest BCUT2D eigenvalue weighted by molar-refractivity contribution is -0.383. The number of hydrogen-bond donors (Lipinski definition) is 3. The summed E-state index contributed by atoms with van der Waals surface area (Å²) in [5.41, 5.74) is 5.90. The zero-order valence-corrected chi connectivity index (χ0v) is 25.7. The Labute approximate surface area is 266 Å². The molecule has 3 N–H and O–H groups in total. The van der Waals surface area contributed by atoms with E-state index < -0.39 is 0 Å². The van der Waals surface area contributed by atoms with Gasteiger partial charge in [0.15, 0.2) is 5.78 Å². The van der Waals surface area contributed by atoms with E-state index in [-0.39, 0.29) is 34.2 Å². The van der Waals surface area contributed by atoms with Crippen LogP contribution in [0.3, 0.4) is 0 Å². The number of aliphatic imine (C=N–C) groups is 1. The summed E-state index contributed by atoms with van der Waals surface area (Å²) in [5, 5.41) is 30.4. The summed E-state index contributed by atoms with van der Waals surface area (Å²) in [6.45, 7) is 4.98. The molecule has 0 saturated carbocycles. The van der Waals surface area contributed by atoms with Crippen molar-refractivity contribution in [2.24, 2.45) is 4.99 Å². The second kappa shape index (κ2) is 11.9. The fourth-order valence-corrected chi connectivity index (χ4v) is 6.77. The Bertz CT molecular complexity index is 1990. The first kappa shape index (κ1) is 29.4. The normalized spacial score (nSPS) is 18.1. The zero-order chi connectivity index (χ0) is 31.9. The summed E-state index contributed by atoms with van der Waals surface area (Å²) in [6.07, 6.45) is 7.50. The Morgan fingerprint density at radius 2 is 1.85 bits per heavy atom. The van der Waals surface area contributed by atoms with E-state index in [9.17, 15) is 20.0 Å². The summed E-state index contributed by atoms with van der Waals surface area (Å²) in [5.74, 6) is -0.00816. The highest BCUT2D eigenvalue weighted by Crippen LogP contribution is 2.42. The third-order valence-corrected chi connectivity index (χ3v) is 9.04. The van der Waals surface area contributed by atoms with Crippen LogP contribution >= 0.6 is 0 Å². The van der Waals surface area contributed by atoms with Gasteiger partial charge in [-0.05, 0) is 75.8 Å². The number of nitrogens with one attached hydrogen (secondary N) is 2. The number of non-ortho nitro benzene ring substituents is 1. The van der Waals surface area contributed by atoms with Gasteiger partial charge in [0.2, 0.25) is 0 Å². The van der Waals surface area contributed by atoms with Gasteiger partial charge in [-0.25, -0.2) is 4.98 Å². The van der Waals surface area contributed by atoms with Crippen LogP contribution in [0, 0.1) is 17.0 Å². The maximum atomic E-state index is 13.6. The first-order valence-corrected chi connectivity index (χ1v) is 15.6. The minimum Gasteiger partial charge on any atom is -0.508 e. The van der Waals surface area contributed by atoms with Crippen molar-refractivity contribution in [2.75, 3.05) is 43.4 Å². The molecule has 1 aromatic heterocycles. The molecule has 0 saturated heterocycles. The van der Waals surface area contributed by atoms with E-state index in [1.807, 2.05) is 48.2 Å². The average molecular weight is 618 g/mol. The van der Waals surface area contributed by atoms with Crippen LogP contribution in [0.15, 0.2) is 83.0 Å². The number of aromatic nitrogens is 1. The van der Waals surface area contributed by atoms with Gasteiger partial charge in [-0.15, -0.1) is 0 Å². The molecule has 2 aliphatic heterocycles. The van der Waals surface area contributed by atoms with Gasteiger partial charge < -0.3 is 25.5 Å². The van der Waals surface area contributed by atoms with Gasteiger partial charge >= 0.3 is 0 Å². The predicted molar refractivity (Wildman–Crippen MR) is 181 cm³/mol. The number of aromatic hydroxyl groups is 1. The molecule has 2 unspecified atom stereocenters. The highest BCUT2D eigenvalue weighted by atomic mass is 16.6. The Balaban J connectivity index is 0.967. The molecule has 0 bridgehead atoms. The molecule has 234 valence electrons. The van der Waals surface area contributed by atoms with Gasteiger partial charge in [0.25, 0.3) is 5.69 Å². The molecule has 7 rings (SSSR count). The standard InChI is InChI=1S/C35H35N7O4/c1-21-9-13-29(42(45)46)31-32(21)39-25-8-4-3-7-23(25)33(31)37-16-6-18-40(2)17-5-15-36-26-11-12-27-34-30(26)35(44)24-19-22(43)10-14-28(24)41(34)20-38-27/h3-4,7-14,19-20,27,34,36,43H,5-6,15-18H2,1-2H3,(H,37,39). The number of aryl methyl sites for hydroxylation is 1. The molecule has 11 nitrogen and oxygen atoms in total.